The molecule has 0 spiro atoms. The summed E-state index contributed by atoms with van der Waals surface area (Å²) in [6.45, 7) is 0. The van der Waals surface area contributed by atoms with Gasteiger partial charge in [0, 0.05) is 30.9 Å². The third-order valence-corrected chi connectivity index (χ3v) is 7.01. The molecule has 2 aliphatic rings. The molecule has 0 aliphatic carbocycles. The van der Waals surface area contributed by atoms with Crippen LogP contribution in [0.3, 0.4) is 0 Å². The number of aromatic hydroxyl groups is 1. The number of alkyl halides is 1. The third kappa shape index (κ3) is 4.45. The van der Waals surface area contributed by atoms with Gasteiger partial charge in [-0.05, 0) is 43.0 Å². The van der Waals surface area contributed by atoms with Crippen molar-refractivity contribution >= 4 is 5.82 Å². The zero-order valence-electron chi connectivity index (χ0n) is 20.0. The minimum Gasteiger partial charge on any atom is -0.507 e. The molecule has 5 rings (SSSR count). The van der Waals surface area contributed by atoms with Crippen LogP contribution in [0.2, 0.25) is 0 Å². The van der Waals surface area contributed by atoms with E-state index in [-0.39, 0.29) is 23.7 Å². The molecule has 0 unspecified atom stereocenters. The highest BCUT2D eigenvalue weighted by molar-refractivity contribution is 5.73. The van der Waals surface area contributed by atoms with E-state index in [0.717, 1.165) is 36.8 Å². The number of benzene rings is 1. The number of halogens is 1. The van der Waals surface area contributed by atoms with Gasteiger partial charge in [0.15, 0.2) is 17.4 Å². The molecule has 2 N–H and O–H groups in total. The van der Waals surface area contributed by atoms with Crippen LogP contribution in [0.15, 0.2) is 36.7 Å². The summed E-state index contributed by atoms with van der Waals surface area (Å²) in [6.07, 6.45) is 5.99. The number of fused-ring (bicyclic) bond motifs is 2. The Morgan fingerprint density at radius 1 is 1.06 bits per heavy atom. The van der Waals surface area contributed by atoms with Gasteiger partial charge >= 0.3 is 0 Å². The highest BCUT2D eigenvalue weighted by atomic mass is 19.1. The lowest BCUT2D eigenvalue weighted by molar-refractivity contribution is 0.107. The van der Waals surface area contributed by atoms with E-state index in [1.807, 2.05) is 18.0 Å². The Morgan fingerprint density at radius 3 is 2.63 bits per heavy atom. The SMILES string of the molecule is COc1cc(-c2ccc(-c3ncc(N(C)[C@H]4C[C@@H]5CCC[C@H](N5)[C@H]4F)nn3)c(O)c2)cnc1OC. The molecule has 3 aromatic rings. The van der Waals surface area contributed by atoms with Crippen molar-refractivity contribution in [2.75, 3.05) is 26.2 Å². The second-order valence-corrected chi connectivity index (χ2v) is 9.07. The van der Waals surface area contributed by atoms with Crippen LogP contribution in [0.1, 0.15) is 25.7 Å². The Balaban J connectivity index is 1.35. The van der Waals surface area contributed by atoms with E-state index in [1.165, 1.54) is 7.11 Å². The van der Waals surface area contributed by atoms with Crippen LogP contribution in [0.4, 0.5) is 10.2 Å². The second kappa shape index (κ2) is 9.61. The Morgan fingerprint density at radius 2 is 1.91 bits per heavy atom. The van der Waals surface area contributed by atoms with Crippen LogP contribution >= 0.6 is 0 Å². The number of pyridine rings is 1. The number of piperidine rings is 2. The van der Waals surface area contributed by atoms with Gasteiger partial charge < -0.3 is 24.8 Å². The van der Waals surface area contributed by atoms with Gasteiger partial charge in [0.1, 0.15) is 11.9 Å². The first-order valence-corrected chi connectivity index (χ1v) is 11.7. The van der Waals surface area contributed by atoms with Crippen molar-refractivity contribution in [2.24, 2.45) is 0 Å². The number of anilines is 1. The Hall–Kier alpha value is -3.53. The molecule has 4 heterocycles. The van der Waals surface area contributed by atoms with Crippen molar-refractivity contribution in [1.29, 1.82) is 0 Å². The lowest BCUT2D eigenvalue weighted by Crippen LogP contribution is -2.61. The average molecular weight is 481 g/mol. The topological polar surface area (TPSA) is 106 Å². The number of methoxy groups -OCH3 is 2. The molecular weight excluding hydrogens is 451 g/mol. The fourth-order valence-corrected chi connectivity index (χ4v) is 5.07. The summed E-state index contributed by atoms with van der Waals surface area (Å²) in [5.74, 6) is 1.68. The molecule has 2 aromatic heterocycles. The van der Waals surface area contributed by atoms with Gasteiger partial charge in [-0.1, -0.05) is 12.5 Å². The first-order chi connectivity index (χ1) is 17.0. The smallest absolute Gasteiger partial charge is 0.256 e. The largest absolute Gasteiger partial charge is 0.507 e. The van der Waals surface area contributed by atoms with Crippen LogP contribution in [-0.2, 0) is 0 Å². The van der Waals surface area contributed by atoms with Crippen LogP contribution < -0.4 is 19.7 Å². The van der Waals surface area contributed by atoms with Crippen molar-refractivity contribution in [3.63, 3.8) is 0 Å². The fraction of sp³-hybridized carbons (Fsp3) is 0.440. The lowest BCUT2D eigenvalue weighted by Gasteiger charge is -2.45. The monoisotopic (exact) mass is 480 g/mol. The molecule has 9 nitrogen and oxygen atoms in total. The molecule has 0 saturated carbocycles. The molecule has 2 aliphatic heterocycles. The second-order valence-electron chi connectivity index (χ2n) is 9.07. The van der Waals surface area contributed by atoms with Crippen LogP contribution in [-0.4, -0.2) is 70.8 Å². The van der Waals surface area contributed by atoms with Crippen molar-refractivity contribution in [3.8, 4) is 39.9 Å². The van der Waals surface area contributed by atoms with Gasteiger partial charge in [-0.15, -0.1) is 10.2 Å². The Labute approximate surface area is 203 Å². The van der Waals surface area contributed by atoms with Gasteiger partial charge in [-0.3, -0.25) is 0 Å². The summed E-state index contributed by atoms with van der Waals surface area (Å²) in [5.41, 5.74) is 1.95. The zero-order chi connectivity index (χ0) is 24.5. The Kier molecular flexibility index (Phi) is 6.38. The minimum absolute atomic E-state index is 0.00944. The van der Waals surface area contributed by atoms with E-state index in [2.05, 4.69) is 25.5 Å². The molecule has 1 aromatic carbocycles. The van der Waals surface area contributed by atoms with E-state index in [1.54, 1.807) is 37.7 Å². The van der Waals surface area contributed by atoms with E-state index in [4.69, 9.17) is 9.47 Å². The van der Waals surface area contributed by atoms with Crippen LogP contribution in [0.25, 0.3) is 22.5 Å². The number of ether oxygens (including phenoxy) is 2. The minimum atomic E-state index is -0.972. The number of phenolic OH excluding ortho intramolecular Hbond substituents is 1. The van der Waals surface area contributed by atoms with Crippen molar-refractivity contribution in [2.45, 2.75) is 50.0 Å². The molecule has 0 radical (unpaired) electrons. The van der Waals surface area contributed by atoms with E-state index >= 15 is 4.39 Å². The van der Waals surface area contributed by atoms with Gasteiger partial charge in [0.05, 0.1) is 32.0 Å². The molecule has 10 heteroatoms. The quantitative estimate of drug-likeness (QED) is 0.549. The molecule has 2 bridgehead atoms. The standard InChI is InChI=1S/C25H29FN6O3/c1-32(19-11-16-5-4-6-18(29-16)23(19)26)22-13-27-24(31-30-22)17-8-7-14(9-20(17)33)15-10-21(34-2)25(35-3)28-12-15/h7-10,12-13,16,18-19,23,29,33H,4-6,11H2,1-3H3/t16-,18-,19-,23+/m0/s1. The molecule has 4 atom stereocenters. The van der Waals surface area contributed by atoms with E-state index in [9.17, 15) is 5.11 Å². The maximum Gasteiger partial charge on any atom is 0.256 e. The van der Waals surface area contributed by atoms with Gasteiger partial charge in [0.25, 0.3) is 5.88 Å². The summed E-state index contributed by atoms with van der Waals surface area (Å²) in [7, 11) is 4.91. The maximum atomic E-state index is 15.1. The fourth-order valence-electron chi connectivity index (χ4n) is 5.07. The zero-order valence-corrected chi connectivity index (χ0v) is 20.0. The number of nitrogens with one attached hydrogen (secondary N) is 1. The number of nitrogens with zero attached hydrogens (tertiary/aromatic N) is 5. The van der Waals surface area contributed by atoms with Crippen molar-refractivity contribution in [3.05, 3.63) is 36.7 Å². The normalized spacial score (nSPS) is 23.5. The number of hydrogen-bond acceptors (Lipinski definition) is 9. The van der Waals surface area contributed by atoms with Gasteiger partial charge in [0.2, 0.25) is 0 Å². The number of phenols is 1. The first kappa shape index (κ1) is 23.2. The number of aromatic nitrogens is 4. The molecule has 184 valence electrons. The van der Waals surface area contributed by atoms with E-state index in [0.29, 0.717) is 29.1 Å². The van der Waals surface area contributed by atoms with Crippen LogP contribution in [0, 0.1) is 0 Å². The lowest BCUT2D eigenvalue weighted by atomic mass is 9.82. The summed E-state index contributed by atoms with van der Waals surface area (Å²) >= 11 is 0. The van der Waals surface area contributed by atoms with E-state index < -0.39 is 6.17 Å². The molecule has 2 saturated heterocycles. The summed E-state index contributed by atoms with van der Waals surface area (Å²) < 4.78 is 25.6. The number of rotatable bonds is 6. The summed E-state index contributed by atoms with van der Waals surface area (Å²) in [5, 5.41) is 22.6. The Bertz CT molecular complexity index is 1190. The highest BCUT2D eigenvalue weighted by Gasteiger charge is 2.42. The summed E-state index contributed by atoms with van der Waals surface area (Å²) in [6, 6.07) is 6.93. The molecular formula is C25H29FN6O3. The van der Waals surface area contributed by atoms with Crippen LogP contribution in [0.5, 0.6) is 17.4 Å². The summed E-state index contributed by atoms with van der Waals surface area (Å²) in [4.78, 5) is 10.5. The first-order valence-electron chi connectivity index (χ1n) is 11.7. The van der Waals surface area contributed by atoms with Gasteiger partial charge in [-0.25, -0.2) is 14.4 Å². The predicted octanol–water partition coefficient (Wildman–Crippen LogP) is 3.38. The van der Waals surface area contributed by atoms with Crippen molar-refractivity contribution < 1.29 is 19.0 Å². The average Bonchev–Trinajstić information content (AvgIpc) is 2.90. The third-order valence-electron chi connectivity index (χ3n) is 7.01. The molecule has 35 heavy (non-hydrogen) atoms. The van der Waals surface area contributed by atoms with Crippen molar-refractivity contribution in [1.82, 2.24) is 25.5 Å². The van der Waals surface area contributed by atoms with Gasteiger partial charge in [-0.2, -0.15) is 0 Å². The maximum absolute atomic E-state index is 15.1. The predicted molar refractivity (Wildman–Crippen MR) is 130 cm³/mol. The molecule has 2 fully saturated rings. The molecule has 0 amide bonds. The number of hydrogen-bond donors (Lipinski definition) is 2. The highest BCUT2D eigenvalue weighted by Crippen LogP contribution is 2.35.